The van der Waals surface area contributed by atoms with Crippen molar-refractivity contribution in [1.29, 1.82) is 0 Å². The first-order valence-corrected chi connectivity index (χ1v) is 10.4. The second-order valence-electron chi connectivity index (χ2n) is 7.20. The average Bonchev–Trinajstić information content (AvgIpc) is 3.10. The summed E-state index contributed by atoms with van der Waals surface area (Å²) >= 11 is 3.39. The molecular weight excluding hydrogens is 478 g/mol. The highest BCUT2D eigenvalue weighted by atomic mass is 79.9. The van der Waals surface area contributed by atoms with E-state index in [2.05, 4.69) is 21.2 Å². The number of nitrogens with zero attached hydrogens (tertiary/aromatic N) is 2. The van der Waals surface area contributed by atoms with Gasteiger partial charge in [0, 0.05) is 27.1 Å². The number of barbiturate groups is 1. The van der Waals surface area contributed by atoms with Gasteiger partial charge in [0.2, 0.25) is 0 Å². The molecule has 3 aromatic rings. The summed E-state index contributed by atoms with van der Waals surface area (Å²) in [6.07, 6.45) is 3.10. The number of benzene rings is 2. The van der Waals surface area contributed by atoms with Crippen LogP contribution in [0, 0.1) is 6.92 Å². The quantitative estimate of drug-likeness (QED) is 0.339. The Bertz CT molecular complexity index is 1320. The zero-order chi connectivity index (χ0) is 23.0. The van der Waals surface area contributed by atoms with Crippen LogP contribution in [0.1, 0.15) is 11.1 Å². The van der Waals surface area contributed by atoms with Crippen LogP contribution >= 0.6 is 15.9 Å². The molecule has 1 aliphatic heterocycles. The van der Waals surface area contributed by atoms with E-state index in [9.17, 15) is 19.2 Å². The molecule has 0 saturated carbocycles. The fourth-order valence-electron chi connectivity index (χ4n) is 3.54. The van der Waals surface area contributed by atoms with Crippen LogP contribution in [0.2, 0.25) is 0 Å². The van der Waals surface area contributed by atoms with Crippen molar-refractivity contribution in [3.8, 4) is 0 Å². The number of urea groups is 1. The zero-order valence-corrected chi connectivity index (χ0v) is 18.8. The number of carbonyl (C=O) groups excluding carboxylic acids is 4. The number of nitrogens with one attached hydrogen (secondary N) is 1. The van der Waals surface area contributed by atoms with E-state index < -0.39 is 23.8 Å². The lowest BCUT2D eigenvalue weighted by molar-refractivity contribution is -0.141. The number of methoxy groups -OCH3 is 1. The molecule has 2 aromatic carbocycles. The highest BCUT2D eigenvalue weighted by Gasteiger charge is 2.37. The van der Waals surface area contributed by atoms with Crippen molar-refractivity contribution in [2.24, 2.45) is 0 Å². The van der Waals surface area contributed by atoms with E-state index in [1.54, 1.807) is 29.0 Å². The van der Waals surface area contributed by atoms with Crippen LogP contribution in [0.15, 0.2) is 58.7 Å². The van der Waals surface area contributed by atoms with Crippen LogP contribution < -0.4 is 10.2 Å². The molecule has 1 saturated heterocycles. The fourth-order valence-corrected chi connectivity index (χ4v) is 3.79. The first-order chi connectivity index (χ1) is 15.3. The molecule has 0 atom stereocenters. The van der Waals surface area contributed by atoms with Crippen LogP contribution in [0.5, 0.6) is 0 Å². The number of rotatable bonds is 4. The average molecular weight is 496 g/mol. The molecule has 8 nitrogen and oxygen atoms in total. The van der Waals surface area contributed by atoms with Crippen molar-refractivity contribution in [3.05, 3.63) is 69.8 Å². The lowest BCUT2D eigenvalue weighted by atomic mass is 10.1. The van der Waals surface area contributed by atoms with Gasteiger partial charge in [-0.15, -0.1) is 0 Å². The number of aromatic nitrogens is 1. The number of halogens is 1. The second-order valence-corrected chi connectivity index (χ2v) is 8.05. The maximum atomic E-state index is 13.2. The Balaban J connectivity index is 1.79. The van der Waals surface area contributed by atoms with E-state index in [1.165, 1.54) is 13.2 Å². The molecule has 4 rings (SSSR count). The number of amides is 4. The van der Waals surface area contributed by atoms with E-state index >= 15 is 0 Å². The number of para-hydroxylation sites is 1. The Hall–Kier alpha value is -3.72. The smallest absolute Gasteiger partial charge is 0.335 e. The Kier molecular flexibility index (Phi) is 5.67. The minimum atomic E-state index is -0.813. The van der Waals surface area contributed by atoms with Crippen molar-refractivity contribution < 1.29 is 23.9 Å². The third-order valence-corrected chi connectivity index (χ3v) is 6.04. The molecule has 32 heavy (non-hydrogen) atoms. The summed E-state index contributed by atoms with van der Waals surface area (Å²) in [5, 5.41) is 2.97. The molecule has 162 valence electrons. The topological polar surface area (TPSA) is 97.7 Å². The Morgan fingerprint density at radius 2 is 1.91 bits per heavy atom. The molecule has 0 spiro atoms. The van der Waals surface area contributed by atoms with Crippen LogP contribution in [0.25, 0.3) is 17.0 Å². The molecule has 0 bridgehead atoms. The first-order valence-electron chi connectivity index (χ1n) is 9.62. The number of esters is 1. The number of fused-ring (bicyclic) bond motifs is 1. The third kappa shape index (κ3) is 3.82. The summed E-state index contributed by atoms with van der Waals surface area (Å²) in [7, 11) is 1.30. The Morgan fingerprint density at radius 3 is 2.62 bits per heavy atom. The predicted octanol–water partition coefficient (Wildman–Crippen LogP) is 3.55. The molecule has 1 N–H and O–H groups in total. The molecule has 0 unspecified atom stereocenters. The van der Waals surface area contributed by atoms with Gasteiger partial charge in [-0.3, -0.25) is 19.7 Å². The lowest BCUT2D eigenvalue weighted by Gasteiger charge is -2.26. The third-order valence-electron chi connectivity index (χ3n) is 5.15. The van der Waals surface area contributed by atoms with Gasteiger partial charge in [-0.25, -0.2) is 9.69 Å². The number of imide groups is 2. The molecule has 1 aromatic heterocycles. The van der Waals surface area contributed by atoms with Gasteiger partial charge in [0.1, 0.15) is 12.1 Å². The van der Waals surface area contributed by atoms with Crippen molar-refractivity contribution in [1.82, 2.24) is 9.88 Å². The Labute approximate surface area is 191 Å². The van der Waals surface area contributed by atoms with E-state index in [-0.39, 0.29) is 12.1 Å². The summed E-state index contributed by atoms with van der Waals surface area (Å²) in [5.41, 5.74) is 2.29. The highest BCUT2D eigenvalue weighted by molar-refractivity contribution is 9.10. The largest absolute Gasteiger partial charge is 0.468 e. The van der Waals surface area contributed by atoms with Gasteiger partial charge in [0.05, 0.1) is 12.8 Å². The van der Waals surface area contributed by atoms with Crippen LogP contribution in [0.3, 0.4) is 0 Å². The highest BCUT2D eigenvalue weighted by Crippen LogP contribution is 2.28. The summed E-state index contributed by atoms with van der Waals surface area (Å²) < 4.78 is 7.26. The summed E-state index contributed by atoms with van der Waals surface area (Å²) in [6, 6.07) is 11.5. The van der Waals surface area contributed by atoms with Crippen molar-refractivity contribution in [2.45, 2.75) is 13.5 Å². The molecule has 0 radical (unpaired) electrons. The lowest BCUT2D eigenvalue weighted by Crippen LogP contribution is -2.54. The molecule has 9 heteroatoms. The van der Waals surface area contributed by atoms with Gasteiger partial charge in [-0.1, -0.05) is 34.1 Å². The second kappa shape index (κ2) is 8.43. The van der Waals surface area contributed by atoms with Gasteiger partial charge >= 0.3 is 12.0 Å². The first kappa shape index (κ1) is 21.5. The monoisotopic (exact) mass is 495 g/mol. The van der Waals surface area contributed by atoms with Gasteiger partial charge in [0.15, 0.2) is 0 Å². The zero-order valence-electron chi connectivity index (χ0n) is 17.2. The van der Waals surface area contributed by atoms with Gasteiger partial charge < -0.3 is 9.30 Å². The van der Waals surface area contributed by atoms with Crippen molar-refractivity contribution in [2.75, 3.05) is 12.0 Å². The molecule has 2 heterocycles. The van der Waals surface area contributed by atoms with Crippen LogP contribution in [-0.2, 0) is 25.7 Å². The van der Waals surface area contributed by atoms with Crippen molar-refractivity contribution >= 4 is 62.4 Å². The van der Waals surface area contributed by atoms with Gasteiger partial charge in [0.25, 0.3) is 11.8 Å². The number of anilines is 1. The van der Waals surface area contributed by atoms with E-state index in [0.29, 0.717) is 11.3 Å². The van der Waals surface area contributed by atoms with Crippen molar-refractivity contribution in [3.63, 3.8) is 0 Å². The number of hydrogen-bond acceptors (Lipinski definition) is 5. The van der Waals surface area contributed by atoms with E-state index in [4.69, 9.17) is 4.74 Å². The maximum absolute atomic E-state index is 13.2. The Morgan fingerprint density at radius 1 is 1.16 bits per heavy atom. The molecule has 4 amide bonds. The summed E-state index contributed by atoms with van der Waals surface area (Å²) in [6.45, 7) is 1.81. The van der Waals surface area contributed by atoms with E-state index in [1.807, 2.05) is 31.2 Å². The molecular formula is C23H18BrN3O5. The van der Waals surface area contributed by atoms with Gasteiger partial charge in [-0.2, -0.15) is 0 Å². The standard InChI is InChI=1S/C23H18BrN3O5/c1-13-9-15(7-8-18(13)24)27-22(30)17(21(29)25-23(27)31)10-14-11-26(12-20(28)32-2)19-6-4-3-5-16(14)19/h3-11H,12H2,1-2H3,(H,25,29,31)/b17-10+. The molecule has 1 fully saturated rings. The number of carbonyl (C=O) groups is 4. The SMILES string of the molecule is COC(=O)Cn1cc(/C=C2\C(=O)NC(=O)N(c3ccc(Br)c(C)c3)C2=O)c2ccccc21. The fraction of sp³-hybridized carbons (Fsp3) is 0.130. The molecule has 0 aliphatic carbocycles. The molecule has 1 aliphatic rings. The minimum Gasteiger partial charge on any atom is -0.468 e. The number of ether oxygens (including phenoxy) is 1. The minimum absolute atomic E-state index is 0.0247. The normalized spacial score (nSPS) is 15.4. The number of aryl methyl sites for hydroxylation is 1. The van der Waals surface area contributed by atoms with Crippen LogP contribution in [0.4, 0.5) is 10.5 Å². The maximum Gasteiger partial charge on any atom is 0.335 e. The summed E-state index contributed by atoms with van der Waals surface area (Å²) in [4.78, 5) is 50.9. The van der Waals surface area contributed by atoms with E-state index in [0.717, 1.165) is 25.8 Å². The van der Waals surface area contributed by atoms with Crippen LogP contribution in [-0.4, -0.2) is 35.5 Å². The van der Waals surface area contributed by atoms with Gasteiger partial charge in [-0.05, 0) is 42.8 Å². The number of hydrogen-bond donors (Lipinski definition) is 1. The predicted molar refractivity (Wildman–Crippen MR) is 122 cm³/mol. The summed E-state index contributed by atoms with van der Waals surface area (Å²) in [5.74, 6) is -1.95.